The lowest BCUT2D eigenvalue weighted by Gasteiger charge is -2.13. The van der Waals surface area contributed by atoms with Crippen molar-refractivity contribution in [2.24, 2.45) is 5.10 Å². The monoisotopic (exact) mass is 470 g/mol. The first kappa shape index (κ1) is 23.9. The van der Waals surface area contributed by atoms with E-state index in [4.69, 9.17) is 25.8 Å². The van der Waals surface area contributed by atoms with Gasteiger partial charge in [-0.2, -0.15) is 5.10 Å². The third kappa shape index (κ3) is 5.93. The molecule has 3 aromatic carbocycles. The number of halogens is 1. The summed E-state index contributed by atoms with van der Waals surface area (Å²) in [6, 6.07) is 14.4. The molecule has 0 aliphatic rings. The number of nitrogens with one attached hydrogen (secondary N) is 1. The Morgan fingerprint density at radius 3 is 2.42 bits per heavy atom. The smallest absolute Gasteiger partial charge is 0.343 e. The summed E-state index contributed by atoms with van der Waals surface area (Å²) < 4.78 is 20.9. The number of hydrogen-bond acceptors (Lipinski definition) is 7. The summed E-state index contributed by atoms with van der Waals surface area (Å²) in [5.41, 5.74) is 3.40. The van der Waals surface area contributed by atoms with Crippen LogP contribution in [-0.2, 0) is 9.53 Å². The van der Waals surface area contributed by atoms with Crippen molar-refractivity contribution >= 4 is 40.5 Å². The maximum absolute atomic E-state index is 12.7. The van der Waals surface area contributed by atoms with Gasteiger partial charge in [0, 0.05) is 0 Å². The number of hydrazone groups is 1. The molecule has 0 saturated carbocycles. The number of carbonyl (C=O) groups is 2. The molecule has 0 heterocycles. The van der Waals surface area contributed by atoms with Crippen LogP contribution in [0.25, 0.3) is 10.8 Å². The minimum atomic E-state index is -0.550. The average Bonchev–Trinajstić information content (AvgIpc) is 2.82. The Kier molecular flexibility index (Phi) is 8.10. The molecule has 0 aliphatic heterocycles. The van der Waals surface area contributed by atoms with E-state index in [1.807, 2.05) is 24.3 Å². The van der Waals surface area contributed by atoms with Crippen molar-refractivity contribution in [2.45, 2.75) is 6.92 Å². The quantitative estimate of drug-likeness (QED) is 0.286. The molecule has 0 radical (unpaired) electrons. The molecule has 3 rings (SSSR count). The maximum atomic E-state index is 12.7. The molecule has 33 heavy (non-hydrogen) atoms. The lowest BCUT2D eigenvalue weighted by molar-refractivity contribution is -0.142. The van der Waals surface area contributed by atoms with Crippen molar-refractivity contribution < 1.29 is 28.5 Å². The fraction of sp³-hybridized carbons (Fsp3) is 0.208. The number of benzene rings is 3. The van der Waals surface area contributed by atoms with Crippen LogP contribution in [-0.4, -0.2) is 45.5 Å². The first-order valence-corrected chi connectivity index (χ1v) is 10.4. The van der Waals surface area contributed by atoms with Crippen LogP contribution in [0.4, 0.5) is 0 Å². The second kappa shape index (κ2) is 11.2. The predicted octanol–water partition coefficient (Wildman–Crippen LogP) is 4.22. The predicted molar refractivity (Wildman–Crippen MR) is 126 cm³/mol. The molecule has 0 aromatic heterocycles. The van der Waals surface area contributed by atoms with E-state index in [2.05, 4.69) is 15.3 Å². The molecule has 0 saturated heterocycles. The van der Waals surface area contributed by atoms with E-state index in [9.17, 15) is 9.59 Å². The Labute approximate surface area is 196 Å². The van der Waals surface area contributed by atoms with Gasteiger partial charge in [-0.3, -0.25) is 4.79 Å². The number of nitrogens with zero attached hydrogens (tertiary/aromatic N) is 1. The standard InChI is InChI=1S/C24H23ClN2O6/c1-4-32-21-10-15(9-19(25)23(21)33-14-22(28)31-3)13-26-27-24(29)18-11-16-7-5-6-8-17(16)12-20(18)30-2/h5-13H,4,14H2,1-3H3,(H,27,29)/b26-13-. The highest BCUT2D eigenvalue weighted by Gasteiger charge is 2.15. The molecule has 0 bridgehead atoms. The van der Waals surface area contributed by atoms with Gasteiger partial charge in [0.15, 0.2) is 18.1 Å². The number of rotatable bonds is 9. The van der Waals surface area contributed by atoms with Gasteiger partial charge in [0.2, 0.25) is 0 Å². The van der Waals surface area contributed by atoms with E-state index >= 15 is 0 Å². The van der Waals surface area contributed by atoms with Gasteiger partial charge in [0.25, 0.3) is 5.91 Å². The van der Waals surface area contributed by atoms with Crippen molar-refractivity contribution in [3.63, 3.8) is 0 Å². The van der Waals surface area contributed by atoms with Gasteiger partial charge in [-0.25, -0.2) is 10.2 Å². The molecule has 1 N–H and O–H groups in total. The SMILES string of the molecule is CCOc1cc(/C=N\NC(=O)c2cc3ccccc3cc2OC)cc(Cl)c1OCC(=O)OC. The zero-order valence-corrected chi connectivity index (χ0v) is 19.1. The minimum absolute atomic E-state index is 0.214. The van der Waals surface area contributed by atoms with Gasteiger partial charge in [-0.15, -0.1) is 0 Å². The number of esters is 1. The molecular weight excluding hydrogens is 448 g/mol. The second-order valence-electron chi connectivity index (χ2n) is 6.73. The molecule has 172 valence electrons. The summed E-state index contributed by atoms with van der Waals surface area (Å²) in [4.78, 5) is 24.1. The number of amides is 1. The van der Waals surface area contributed by atoms with Crippen LogP contribution >= 0.6 is 11.6 Å². The van der Waals surface area contributed by atoms with Gasteiger partial charge in [-0.05, 0) is 47.5 Å². The van der Waals surface area contributed by atoms with Crippen LogP contribution in [0.2, 0.25) is 5.02 Å². The Balaban J connectivity index is 1.78. The molecular formula is C24H23ClN2O6. The van der Waals surface area contributed by atoms with Crippen molar-refractivity contribution in [1.82, 2.24) is 5.43 Å². The maximum Gasteiger partial charge on any atom is 0.343 e. The van der Waals surface area contributed by atoms with Gasteiger partial charge in [0.05, 0.1) is 37.6 Å². The normalized spacial score (nSPS) is 10.8. The van der Waals surface area contributed by atoms with Crippen molar-refractivity contribution in [3.8, 4) is 17.2 Å². The second-order valence-corrected chi connectivity index (χ2v) is 7.13. The first-order valence-electron chi connectivity index (χ1n) is 10.0. The molecule has 1 amide bonds. The largest absolute Gasteiger partial charge is 0.496 e. The Morgan fingerprint density at radius 1 is 1.03 bits per heavy atom. The zero-order chi connectivity index (χ0) is 23.8. The van der Waals surface area contributed by atoms with Crippen LogP contribution in [0.3, 0.4) is 0 Å². The van der Waals surface area contributed by atoms with Crippen LogP contribution < -0.4 is 19.6 Å². The number of ether oxygens (including phenoxy) is 4. The highest BCUT2D eigenvalue weighted by molar-refractivity contribution is 6.32. The van der Waals surface area contributed by atoms with Gasteiger partial charge in [0.1, 0.15) is 5.75 Å². The summed E-state index contributed by atoms with van der Waals surface area (Å²) in [5, 5.41) is 6.11. The van der Waals surface area contributed by atoms with E-state index in [0.29, 0.717) is 29.2 Å². The molecule has 0 aliphatic carbocycles. The Morgan fingerprint density at radius 2 is 1.76 bits per heavy atom. The van der Waals surface area contributed by atoms with Gasteiger partial charge >= 0.3 is 5.97 Å². The third-order valence-electron chi connectivity index (χ3n) is 4.59. The summed E-state index contributed by atoms with van der Waals surface area (Å²) in [7, 11) is 2.77. The summed E-state index contributed by atoms with van der Waals surface area (Å²) >= 11 is 6.31. The van der Waals surface area contributed by atoms with Crippen LogP contribution in [0.1, 0.15) is 22.8 Å². The summed E-state index contributed by atoms with van der Waals surface area (Å²) in [5.74, 6) is 0.00747. The number of carbonyl (C=O) groups excluding carboxylic acids is 2. The van der Waals surface area contributed by atoms with Gasteiger partial charge in [-0.1, -0.05) is 35.9 Å². The average molecular weight is 471 g/mol. The molecule has 0 fully saturated rings. The van der Waals surface area contributed by atoms with E-state index in [1.54, 1.807) is 31.2 Å². The zero-order valence-electron chi connectivity index (χ0n) is 18.4. The number of hydrogen-bond donors (Lipinski definition) is 1. The van der Waals surface area contributed by atoms with E-state index in [1.165, 1.54) is 20.4 Å². The Hall–Kier alpha value is -3.78. The van der Waals surface area contributed by atoms with Gasteiger partial charge < -0.3 is 18.9 Å². The molecule has 0 atom stereocenters. The Bertz CT molecular complexity index is 1200. The summed E-state index contributed by atoms with van der Waals surface area (Å²) in [6.45, 7) is 1.84. The number of methoxy groups -OCH3 is 2. The molecule has 8 nitrogen and oxygen atoms in total. The van der Waals surface area contributed by atoms with Crippen LogP contribution in [0.15, 0.2) is 53.6 Å². The molecule has 0 unspecified atom stereocenters. The molecule has 3 aromatic rings. The first-order chi connectivity index (χ1) is 16.0. The topological polar surface area (TPSA) is 95.5 Å². The number of fused-ring (bicyclic) bond motifs is 1. The highest BCUT2D eigenvalue weighted by atomic mass is 35.5. The van der Waals surface area contributed by atoms with Crippen molar-refractivity contribution in [2.75, 3.05) is 27.4 Å². The van der Waals surface area contributed by atoms with E-state index in [-0.39, 0.29) is 17.4 Å². The minimum Gasteiger partial charge on any atom is -0.496 e. The van der Waals surface area contributed by atoms with E-state index < -0.39 is 11.9 Å². The lowest BCUT2D eigenvalue weighted by Crippen LogP contribution is -2.18. The third-order valence-corrected chi connectivity index (χ3v) is 4.87. The molecule has 0 spiro atoms. The fourth-order valence-electron chi connectivity index (χ4n) is 3.05. The lowest BCUT2D eigenvalue weighted by atomic mass is 10.1. The van der Waals surface area contributed by atoms with E-state index in [0.717, 1.165) is 10.8 Å². The van der Waals surface area contributed by atoms with Crippen LogP contribution in [0.5, 0.6) is 17.2 Å². The highest BCUT2D eigenvalue weighted by Crippen LogP contribution is 2.36. The van der Waals surface area contributed by atoms with Crippen LogP contribution in [0, 0.1) is 0 Å². The van der Waals surface area contributed by atoms with Crippen molar-refractivity contribution in [1.29, 1.82) is 0 Å². The van der Waals surface area contributed by atoms with Crippen molar-refractivity contribution in [3.05, 3.63) is 64.7 Å². The molecule has 9 heteroatoms. The fourth-order valence-corrected chi connectivity index (χ4v) is 3.32. The summed E-state index contributed by atoms with van der Waals surface area (Å²) in [6.07, 6.45) is 1.42.